The van der Waals surface area contributed by atoms with Crippen LogP contribution in [0.2, 0.25) is 0 Å². The summed E-state index contributed by atoms with van der Waals surface area (Å²) in [7, 11) is 0. The van der Waals surface area contributed by atoms with Crippen LogP contribution in [0.15, 0.2) is 54.9 Å². The molecule has 2 aliphatic rings. The number of hydrogen-bond donors (Lipinski definition) is 1. The Morgan fingerprint density at radius 3 is 2.37 bits per heavy atom. The molecule has 0 atom stereocenters. The fourth-order valence-electron chi connectivity index (χ4n) is 5.49. The van der Waals surface area contributed by atoms with Crippen molar-refractivity contribution < 1.29 is 22.7 Å². The molecule has 0 aliphatic carbocycles. The number of pyridine rings is 2. The van der Waals surface area contributed by atoms with Gasteiger partial charge >= 0.3 is 6.36 Å². The zero-order valence-electron chi connectivity index (χ0n) is 23.5. The van der Waals surface area contributed by atoms with Gasteiger partial charge in [0, 0.05) is 68.4 Å². The molecule has 0 radical (unpaired) electrons. The van der Waals surface area contributed by atoms with Crippen molar-refractivity contribution in [3.8, 4) is 17.0 Å². The van der Waals surface area contributed by atoms with Gasteiger partial charge in [-0.1, -0.05) is 19.1 Å². The number of rotatable bonds is 7. The zero-order valence-corrected chi connectivity index (χ0v) is 23.5. The predicted octanol–water partition coefficient (Wildman–Crippen LogP) is 5.98. The molecular weight excluding hydrogens is 531 g/mol. The third-order valence-electron chi connectivity index (χ3n) is 8.01. The average Bonchev–Trinajstić information content (AvgIpc) is 2.95. The predicted molar refractivity (Wildman–Crippen MR) is 152 cm³/mol. The van der Waals surface area contributed by atoms with E-state index in [9.17, 15) is 18.0 Å². The minimum absolute atomic E-state index is 0.0750. The average molecular weight is 568 g/mol. The summed E-state index contributed by atoms with van der Waals surface area (Å²) in [5.41, 5.74) is 3.91. The third-order valence-corrected chi connectivity index (χ3v) is 8.01. The summed E-state index contributed by atoms with van der Waals surface area (Å²) in [6.07, 6.45) is 2.65. The molecule has 2 saturated heterocycles. The maximum atomic E-state index is 13.1. The molecule has 41 heavy (non-hydrogen) atoms. The lowest BCUT2D eigenvalue weighted by Crippen LogP contribution is -2.44. The number of carbonyl (C=O) groups is 1. The highest BCUT2D eigenvalue weighted by molar-refractivity contribution is 5.96. The normalized spacial score (nSPS) is 17.4. The van der Waals surface area contributed by atoms with Gasteiger partial charge in [-0.05, 0) is 79.5 Å². The SMILES string of the molecule is Cc1ccc(C(=O)NC2CCN(Cc3ccc(N4CCC(C)CC4)nc3)CC2)cc1-c1ccc(OC(F)(F)F)nc1. The minimum Gasteiger partial charge on any atom is -0.388 e. The smallest absolute Gasteiger partial charge is 0.388 e. The number of aryl methyl sites for hydroxylation is 1. The number of halogens is 3. The Hall–Kier alpha value is -3.66. The first-order valence-corrected chi connectivity index (χ1v) is 14.2. The van der Waals surface area contributed by atoms with Crippen molar-refractivity contribution in [2.45, 2.75) is 58.5 Å². The maximum absolute atomic E-state index is 13.1. The number of likely N-dealkylation sites (tertiary alicyclic amines) is 1. The van der Waals surface area contributed by atoms with Crippen molar-refractivity contribution in [2.24, 2.45) is 5.92 Å². The van der Waals surface area contributed by atoms with E-state index >= 15 is 0 Å². The highest BCUT2D eigenvalue weighted by Gasteiger charge is 2.31. The molecule has 2 fully saturated rings. The molecule has 0 bridgehead atoms. The van der Waals surface area contributed by atoms with E-state index in [0.717, 1.165) is 68.4 Å². The number of benzene rings is 1. The summed E-state index contributed by atoms with van der Waals surface area (Å²) in [6.45, 7) is 8.94. The Morgan fingerprint density at radius 1 is 0.976 bits per heavy atom. The number of ether oxygens (including phenoxy) is 1. The van der Waals surface area contributed by atoms with Crippen LogP contribution in [0.1, 0.15) is 54.1 Å². The molecule has 10 heteroatoms. The van der Waals surface area contributed by atoms with Gasteiger partial charge in [0.1, 0.15) is 5.82 Å². The summed E-state index contributed by atoms with van der Waals surface area (Å²) in [4.78, 5) is 26.3. The Kier molecular flexibility index (Phi) is 8.77. The summed E-state index contributed by atoms with van der Waals surface area (Å²) in [5, 5.41) is 3.16. The second kappa shape index (κ2) is 12.5. The Bertz CT molecular complexity index is 1320. The third kappa shape index (κ3) is 7.75. The number of nitrogens with zero attached hydrogens (tertiary/aromatic N) is 4. The molecule has 1 N–H and O–H groups in total. The van der Waals surface area contributed by atoms with E-state index in [0.29, 0.717) is 11.1 Å². The maximum Gasteiger partial charge on any atom is 0.574 e. The molecule has 5 rings (SSSR count). The summed E-state index contributed by atoms with van der Waals surface area (Å²) < 4.78 is 41.2. The molecule has 0 unspecified atom stereocenters. The molecule has 218 valence electrons. The van der Waals surface area contributed by atoms with E-state index in [1.54, 1.807) is 12.1 Å². The molecule has 1 amide bonds. The Labute approximate surface area is 238 Å². The van der Waals surface area contributed by atoms with Gasteiger partial charge in [0.15, 0.2) is 0 Å². The summed E-state index contributed by atoms with van der Waals surface area (Å²) in [5.74, 6) is 1.16. The number of nitrogens with one attached hydrogen (secondary N) is 1. The van der Waals surface area contributed by atoms with E-state index < -0.39 is 12.2 Å². The highest BCUT2D eigenvalue weighted by Crippen LogP contribution is 2.28. The number of hydrogen-bond acceptors (Lipinski definition) is 6. The van der Waals surface area contributed by atoms with Gasteiger partial charge in [-0.3, -0.25) is 9.69 Å². The topological polar surface area (TPSA) is 70.6 Å². The van der Waals surface area contributed by atoms with Gasteiger partial charge in [-0.15, -0.1) is 13.2 Å². The fourth-order valence-corrected chi connectivity index (χ4v) is 5.49. The lowest BCUT2D eigenvalue weighted by atomic mass is 9.98. The molecule has 2 aliphatic heterocycles. The van der Waals surface area contributed by atoms with Crippen molar-refractivity contribution in [3.63, 3.8) is 0 Å². The van der Waals surface area contributed by atoms with Crippen molar-refractivity contribution in [2.75, 3.05) is 31.1 Å². The van der Waals surface area contributed by atoms with Crippen LogP contribution >= 0.6 is 0 Å². The van der Waals surface area contributed by atoms with Crippen LogP contribution in [0.25, 0.3) is 11.1 Å². The van der Waals surface area contributed by atoms with E-state index in [-0.39, 0.29) is 11.9 Å². The van der Waals surface area contributed by atoms with Crippen molar-refractivity contribution in [1.29, 1.82) is 0 Å². The fraction of sp³-hybridized carbons (Fsp3) is 0.452. The van der Waals surface area contributed by atoms with E-state index in [2.05, 4.69) is 43.9 Å². The van der Waals surface area contributed by atoms with Crippen LogP contribution in [0.4, 0.5) is 19.0 Å². The number of aromatic nitrogens is 2. The summed E-state index contributed by atoms with van der Waals surface area (Å²) >= 11 is 0. The largest absolute Gasteiger partial charge is 0.574 e. The molecule has 3 aromatic rings. The number of carbonyl (C=O) groups excluding carboxylic acids is 1. The second-order valence-corrected chi connectivity index (χ2v) is 11.2. The van der Waals surface area contributed by atoms with Gasteiger partial charge in [-0.2, -0.15) is 0 Å². The van der Waals surface area contributed by atoms with Crippen molar-refractivity contribution in [3.05, 3.63) is 71.5 Å². The number of anilines is 1. The first-order valence-electron chi connectivity index (χ1n) is 14.2. The Balaban J connectivity index is 1.12. The van der Waals surface area contributed by atoms with Crippen molar-refractivity contribution >= 4 is 11.7 Å². The molecule has 0 saturated carbocycles. The first kappa shape index (κ1) is 28.9. The lowest BCUT2D eigenvalue weighted by Gasteiger charge is -2.33. The van der Waals surface area contributed by atoms with Gasteiger partial charge in [-0.25, -0.2) is 9.97 Å². The van der Waals surface area contributed by atoms with Gasteiger partial charge in [0.2, 0.25) is 5.88 Å². The van der Waals surface area contributed by atoms with Crippen molar-refractivity contribution in [1.82, 2.24) is 20.2 Å². The second-order valence-electron chi connectivity index (χ2n) is 11.2. The van der Waals surface area contributed by atoms with Crippen LogP contribution in [-0.4, -0.2) is 59.4 Å². The van der Waals surface area contributed by atoms with Crippen LogP contribution in [0.5, 0.6) is 5.88 Å². The van der Waals surface area contributed by atoms with E-state index in [4.69, 9.17) is 4.98 Å². The summed E-state index contributed by atoms with van der Waals surface area (Å²) in [6, 6.07) is 12.4. The number of amides is 1. The molecule has 1 aromatic carbocycles. The molecule has 4 heterocycles. The monoisotopic (exact) mass is 567 g/mol. The van der Waals surface area contributed by atoms with Crippen LogP contribution in [0, 0.1) is 12.8 Å². The van der Waals surface area contributed by atoms with Gasteiger partial charge < -0.3 is 15.0 Å². The number of alkyl halides is 3. The quantitative estimate of drug-likeness (QED) is 0.379. The van der Waals surface area contributed by atoms with Gasteiger partial charge in [0.25, 0.3) is 5.91 Å². The van der Waals surface area contributed by atoms with E-state index in [1.165, 1.54) is 36.7 Å². The van der Waals surface area contributed by atoms with Crippen LogP contribution < -0.4 is 15.0 Å². The van der Waals surface area contributed by atoms with Crippen LogP contribution in [-0.2, 0) is 6.54 Å². The number of piperidine rings is 2. The highest BCUT2D eigenvalue weighted by atomic mass is 19.4. The molecule has 2 aromatic heterocycles. The zero-order chi connectivity index (χ0) is 29.0. The molecular formula is C31H36F3N5O2. The van der Waals surface area contributed by atoms with Gasteiger partial charge in [0.05, 0.1) is 0 Å². The standard InChI is InChI=1S/C31H36F3N5O2/c1-21-9-15-39(16-10-21)28-7-4-23(18-35-28)20-38-13-11-26(12-14-38)37-30(40)24-5-3-22(2)27(17-24)25-6-8-29(36-19-25)41-31(32,33)34/h3-8,17-19,21,26H,9-16,20H2,1-2H3,(H,37,40). The minimum atomic E-state index is -4.80. The van der Waals surface area contributed by atoms with Crippen LogP contribution in [0.3, 0.4) is 0 Å². The lowest BCUT2D eigenvalue weighted by molar-refractivity contribution is -0.276. The Morgan fingerprint density at radius 2 is 1.73 bits per heavy atom. The van der Waals surface area contributed by atoms with E-state index in [1.807, 2.05) is 19.2 Å². The first-order chi connectivity index (χ1) is 19.6. The molecule has 7 nitrogen and oxygen atoms in total. The molecule has 0 spiro atoms.